The molecule has 0 radical (unpaired) electrons. The zero-order chi connectivity index (χ0) is 26.4. The van der Waals surface area contributed by atoms with E-state index in [-0.39, 0.29) is 11.5 Å². The monoisotopic (exact) mass is 462 g/mol. The molecule has 33 heavy (non-hydrogen) atoms. The van der Waals surface area contributed by atoms with Crippen LogP contribution in [0.5, 0.6) is 5.75 Å². The zero-order valence-electron chi connectivity index (χ0n) is 23.0. The molecule has 0 saturated heterocycles. The number of hydrogen-bond donors (Lipinski definition) is 4. The van der Waals surface area contributed by atoms with Crippen LogP contribution in [0.2, 0.25) is 0 Å². The number of aliphatic hydroxyl groups is 1. The van der Waals surface area contributed by atoms with Crippen molar-refractivity contribution in [3.63, 3.8) is 0 Å². The van der Waals surface area contributed by atoms with E-state index in [9.17, 15) is 5.11 Å². The van der Waals surface area contributed by atoms with E-state index < -0.39 is 0 Å². The number of phenolic OH excluding ortho intramolecular Hbond substituents is 1. The highest BCUT2D eigenvalue weighted by Crippen LogP contribution is 2.46. The van der Waals surface area contributed by atoms with Crippen LogP contribution < -0.4 is 11.5 Å². The van der Waals surface area contributed by atoms with Crippen molar-refractivity contribution < 1.29 is 10.2 Å². The quantitative estimate of drug-likeness (QED) is 0.152. The van der Waals surface area contributed by atoms with Crippen molar-refractivity contribution >= 4 is 5.69 Å². The molecule has 4 heteroatoms. The third kappa shape index (κ3) is 15.2. The average Bonchev–Trinajstić information content (AvgIpc) is 3.20. The lowest BCUT2D eigenvalue weighted by atomic mass is 9.77. The Morgan fingerprint density at radius 1 is 1.18 bits per heavy atom. The summed E-state index contributed by atoms with van der Waals surface area (Å²) in [5, 5.41) is 18.4. The normalized spacial score (nSPS) is 19.2. The summed E-state index contributed by atoms with van der Waals surface area (Å²) in [6, 6.07) is 5.65. The van der Waals surface area contributed by atoms with Crippen LogP contribution in [0.25, 0.3) is 0 Å². The number of benzene rings is 1. The average molecular weight is 463 g/mol. The second kappa shape index (κ2) is 21.5. The molecule has 6 N–H and O–H groups in total. The Bertz CT molecular complexity index is 680. The second-order valence-electron chi connectivity index (χ2n) is 8.01. The Hall–Kier alpha value is -2.36. The Morgan fingerprint density at radius 2 is 1.73 bits per heavy atom. The van der Waals surface area contributed by atoms with Crippen LogP contribution in [0.4, 0.5) is 5.69 Å². The standard InChI is InChI=1S/C15H23NO.C7H11NO.C3H8.2C2H6/c1-3-15(7-6-11(2)9-15)10-12-4-5-14(17)13(16)8-12;1-3-5-7(9)6(8)4-2;1-3-2;2*1-2/h4-5,8,11,17H,3,6-7,9-10,16H2,1-2H3;3-5,9H,1,8H2,2H3;3H2,1-2H3;2*1-2H3/b;6-4+,7-5+;;;. The van der Waals surface area contributed by atoms with E-state index in [1.165, 1.54) is 49.8 Å². The van der Waals surface area contributed by atoms with Crippen molar-refractivity contribution in [2.75, 3.05) is 5.73 Å². The van der Waals surface area contributed by atoms with Crippen LogP contribution >= 0.6 is 0 Å². The third-order valence-electron chi connectivity index (χ3n) is 5.25. The van der Waals surface area contributed by atoms with Crippen LogP contribution in [-0.2, 0) is 6.42 Å². The molecule has 0 spiro atoms. The Labute approximate surface area is 205 Å². The molecular weight excluding hydrogens is 408 g/mol. The van der Waals surface area contributed by atoms with Crippen molar-refractivity contribution in [3.05, 3.63) is 60.0 Å². The van der Waals surface area contributed by atoms with Gasteiger partial charge in [0, 0.05) is 0 Å². The highest BCUT2D eigenvalue weighted by atomic mass is 16.3. The number of aliphatic hydroxyl groups excluding tert-OH is 1. The van der Waals surface area contributed by atoms with Gasteiger partial charge in [-0.25, -0.2) is 0 Å². The fourth-order valence-electron chi connectivity index (χ4n) is 3.61. The number of rotatable bonds is 5. The van der Waals surface area contributed by atoms with Crippen molar-refractivity contribution in [1.82, 2.24) is 0 Å². The lowest BCUT2D eigenvalue weighted by molar-refractivity contribution is 0.272. The van der Waals surface area contributed by atoms with E-state index in [0.717, 1.165) is 12.3 Å². The first kappa shape index (κ1) is 35.2. The number of phenols is 1. The molecule has 0 aromatic heterocycles. The van der Waals surface area contributed by atoms with E-state index in [0.29, 0.717) is 16.8 Å². The summed E-state index contributed by atoms with van der Waals surface area (Å²) in [4.78, 5) is 0. The molecule has 0 heterocycles. The van der Waals surface area contributed by atoms with Crippen molar-refractivity contribution in [3.8, 4) is 5.75 Å². The first-order valence-electron chi connectivity index (χ1n) is 12.7. The molecule has 0 amide bonds. The molecule has 1 aliphatic carbocycles. The topological polar surface area (TPSA) is 92.5 Å². The summed E-state index contributed by atoms with van der Waals surface area (Å²) in [6.45, 7) is 22.0. The van der Waals surface area contributed by atoms with Gasteiger partial charge in [0.15, 0.2) is 0 Å². The summed E-state index contributed by atoms with van der Waals surface area (Å²) >= 11 is 0. The van der Waals surface area contributed by atoms with Gasteiger partial charge in [0.2, 0.25) is 0 Å². The molecule has 1 fully saturated rings. The Kier molecular flexibility index (Phi) is 22.9. The molecule has 0 aliphatic heterocycles. The third-order valence-corrected chi connectivity index (χ3v) is 5.25. The molecule has 1 aliphatic rings. The van der Waals surface area contributed by atoms with E-state index >= 15 is 0 Å². The largest absolute Gasteiger partial charge is 0.506 e. The molecule has 2 unspecified atom stereocenters. The number of hydrogen-bond acceptors (Lipinski definition) is 4. The molecule has 2 atom stereocenters. The van der Waals surface area contributed by atoms with Gasteiger partial charge in [0.1, 0.15) is 11.5 Å². The van der Waals surface area contributed by atoms with E-state index in [2.05, 4.69) is 34.3 Å². The Balaban J connectivity index is -0.000000477. The second-order valence-corrected chi connectivity index (χ2v) is 8.01. The minimum absolute atomic E-state index is 0.0625. The summed E-state index contributed by atoms with van der Waals surface area (Å²) in [5.41, 5.74) is 13.6. The fraction of sp³-hybridized carbons (Fsp3) is 0.586. The maximum Gasteiger partial charge on any atom is 0.138 e. The molecule has 4 nitrogen and oxygen atoms in total. The van der Waals surface area contributed by atoms with Crippen LogP contribution in [-0.4, -0.2) is 10.2 Å². The fourth-order valence-corrected chi connectivity index (χ4v) is 3.61. The van der Waals surface area contributed by atoms with Crippen molar-refractivity contribution in [2.24, 2.45) is 17.1 Å². The van der Waals surface area contributed by atoms with Crippen LogP contribution in [0, 0.1) is 11.3 Å². The number of nitrogen functional groups attached to an aromatic ring is 1. The minimum atomic E-state index is 0.0625. The maximum absolute atomic E-state index is 9.44. The van der Waals surface area contributed by atoms with E-state index in [1.807, 2.05) is 39.8 Å². The van der Waals surface area contributed by atoms with Gasteiger partial charge < -0.3 is 21.7 Å². The lowest BCUT2D eigenvalue weighted by Gasteiger charge is -2.28. The maximum atomic E-state index is 9.44. The van der Waals surface area contributed by atoms with Gasteiger partial charge in [-0.3, -0.25) is 0 Å². The molecule has 1 aromatic carbocycles. The molecule has 2 rings (SSSR count). The molecule has 192 valence electrons. The van der Waals surface area contributed by atoms with Gasteiger partial charge in [-0.15, -0.1) is 0 Å². The van der Waals surface area contributed by atoms with Gasteiger partial charge in [-0.05, 0) is 61.3 Å². The highest BCUT2D eigenvalue weighted by Gasteiger charge is 2.35. The van der Waals surface area contributed by atoms with Gasteiger partial charge in [0.05, 0.1) is 11.4 Å². The lowest BCUT2D eigenvalue weighted by Crippen LogP contribution is -2.19. The van der Waals surface area contributed by atoms with E-state index in [4.69, 9.17) is 16.6 Å². The van der Waals surface area contributed by atoms with Gasteiger partial charge in [-0.2, -0.15) is 0 Å². The molecule has 1 aromatic rings. The highest BCUT2D eigenvalue weighted by molar-refractivity contribution is 5.53. The van der Waals surface area contributed by atoms with Crippen molar-refractivity contribution in [1.29, 1.82) is 0 Å². The van der Waals surface area contributed by atoms with Gasteiger partial charge >= 0.3 is 0 Å². The zero-order valence-corrected chi connectivity index (χ0v) is 23.0. The van der Waals surface area contributed by atoms with E-state index in [1.54, 1.807) is 19.1 Å². The first-order valence-corrected chi connectivity index (χ1v) is 12.7. The number of nitrogens with two attached hydrogens (primary N) is 2. The SMILES string of the molecule is C=C/C=C(O)\C(N)=C/C.CC.CC.CCC.CCC1(Cc2ccc(O)c(N)c2)CCC(C)C1. The minimum Gasteiger partial charge on any atom is -0.506 e. The molecular formula is C29H54N2O2. The predicted octanol–water partition coefficient (Wildman–Crippen LogP) is 8.68. The van der Waals surface area contributed by atoms with Gasteiger partial charge in [0.25, 0.3) is 0 Å². The number of aromatic hydroxyl groups is 1. The van der Waals surface area contributed by atoms with Crippen LogP contribution in [0.1, 0.15) is 100.0 Å². The van der Waals surface area contributed by atoms with Gasteiger partial charge in [-0.1, -0.05) is 99.4 Å². The summed E-state index contributed by atoms with van der Waals surface area (Å²) in [5.74, 6) is 1.11. The first-order chi connectivity index (χ1) is 15.7. The molecule has 1 saturated carbocycles. The number of allylic oxidation sites excluding steroid dienone is 3. The summed E-state index contributed by atoms with van der Waals surface area (Å²) in [6.07, 6.45) is 12.1. The van der Waals surface area contributed by atoms with Crippen molar-refractivity contribution in [2.45, 2.75) is 101 Å². The Morgan fingerprint density at radius 3 is 2.09 bits per heavy atom. The predicted molar refractivity (Wildman–Crippen MR) is 149 cm³/mol. The summed E-state index contributed by atoms with van der Waals surface area (Å²) < 4.78 is 0. The van der Waals surface area contributed by atoms with Crippen LogP contribution in [0.3, 0.4) is 0 Å². The number of anilines is 1. The van der Waals surface area contributed by atoms with Crippen LogP contribution in [0.15, 0.2) is 54.5 Å². The molecule has 0 bridgehead atoms. The smallest absolute Gasteiger partial charge is 0.138 e. The summed E-state index contributed by atoms with van der Waals surface area (Å²) in [7, 11) is 0.